The molecule has 0 spiro atoms. The van der Waals surface area contributed by atoms with Crippen LogP contribution in [0.2, 0.25) is 0 Å². The molecule has 0 saturated carbocycles. The molecule has 0 saturated heterocycles. The van der Waals surface area contributed by atoms with E-state index in [0.29, 0.717) is 11.8 Å². The van der Waals surface area contributed by atoms with Gasteiger partial charge in [-0.1, -0.05) is 50.5 Å². The van der Waals surface area contributed by atoms with Gasteiger partial charge in [-0.3, -0.25) is 0 Å². The molecule has 0 amide bonds. The van der Waals surface area contributed by atoms with Crippen molar-refractivity contribution < 1.29 is 4.42 Å². The van der Waals surface area contributed by atoms with Crippen molar-refractivity contribution in [2.24, 2.45) is 0 Å². The molecular weight excluding hydrogens is 314 g/mol. The highest BCUT2D eigenvalue weighted by molar-refractivity contribution is 9.10. The number of rotatable bonds is 5. The first-order valence-corrected chi connectivity index (χ1v) is 8.20. The molecule has 1 aromatic heterocycles. The van der Waals surface area contributed by atoms with Crippen molar-refractivity contribution >= 4 is 26.9 Å². The summed E-state index contributed by atoms with van der Waals surface area (Å²) in [5.74, 6) is 1.99. The number of halogens is 1. The zero-order chi connectivity index (χ0) is 14.9. The van der Waals surface area contributed by atoms with Gasteiger partial charge in [-0.2, -0.15) is 0 Å². The average molecular weight is 338 g/mol. The van der Waals surface area contributed by atoms with Crippen LogP contribution in [0.1, 0.15) is 63.3 Å². The van der Waals surface area contributed by atoms with Gasteiger partial charge in [-0.15, -0.1) is 0 Å². The number of nitrogens with one attached hydrogen (secondary N) is 1. The molecule has 0 bridgehead atoms. The van der Waals surface area contributed by atoms with Crippen LogP contribution in [-0.2, 0) is 6.54 Å². The molecule has 0 atom stereocenters. The van der Waals surface area contributed by atoms with Gasteiger partial charge in [-0.05, 0) is 36.1 Å². The molecule has 0 aliphatic carbocycles. The van der Waals surface area contributed by atoms with Crippen molar-refractivity contribution in [1.82, 2.24) is 5.32 Å². The van der Waals surface area contributed by atoms with Crippen LogP contribution >= 0.6 is 15.9 Å². The van der Waals surface area contributed by atoms with Gasteiger partial charge in [0.2, 0.25) is 0 Å². The summed E-state index contributed by atoms with van der Waals surface area (Å²) < 4.78 is 7.36. The van der Waals surface area contributed by atoms with Gasteiger partial charge in [0.1, 0.15) is 11.3 Å². The van der Waals surface area contributed by atoms with Gasteiger partial charge in [0.05, 0.1) is 6.54 Å². The predicted molar refractivity (Wildman–Crippen MR) is 89.5 cm³/mol. The molecule has 2 nitrogen and oxygen atoms in total. The first kappa shape index (κ1) is 15.6. The van der Waals surface area contributed by atoms with Crippen molar-refractivity contribution in [2.75, 3.05) is 6.54 Å². The molecule has 1 aromatic carbocycles. The topological polar surface area (TPSA) is 25.2 Å². The lowest BCUT2D eigenvalue weighted by molar-refractivity contribution is 0.506. The van der Waals surface area contributed by atoms with Crippen LogP contribution < -0.4 is 5.32 Å². The van der Waals surface area contributed by atoms with Crippen molar-refractivity contribution in [3.8, 4) is 0 Å². The molecule has 3 heteroatoms. The summed E-state index contributed by atoms with van der Waals surface area (Å²) in [7, 11) is 0. The third-order valence-electron chi connectivity index (χ3n) is 3.63. The van der Waals surface area contributed by atoms with Crippen molar-refractivity contribution in [3.05, 3.63) is 33.5 Å². The Bertz CT molecular complexity index is 599. The van der Waals surface area contributed by atoms with Crippen LogP contribution in [0.4, 0.5) is 0 Å². The first-order valence-electron chi connectivity index (χ1n) is 7.41. The van der Waals surface area contributed by atoms with Crippen molar-refractivity contribution in [3.63, 3.8) is 0 Å². The molecule has 20 heavy (non-hydrogen) atoms. The summed E-state index contributed by atoms with van der Waals surface area (Å²) in [4.78, 5) is 0. The van der Waals surface area contributed by atoms with Crippen LogP contribution in [0.3, 0.4) is 0 Å². The Hall–Kier alpha value is -0.800. The molecule has 0 aliphatic heterocycles. The van der Waals surface area contributed by atoms with Crippen LogP contribution in [-0.4, -0.2) is 6.54 Å². The third kappa shape index (κ3) is 2.94. The Morgan fingerprint density at radius 3 is 2.40 bits per heavy atom. The van der Waals surface area contributed by atoms with Gasteiger partial charge in [-0.25, -0.2) is 0 Å². The Balaban J connectivity index is 2.69. The monoisotopic (exact) mass is 337 g/mol. The van der Waals surface area contributed by atoms with E-state index in [1.165, 1.54) is 16.5 Å². The zero-order valence-electron chi connectivity index (χ0n) is 13.0. The number of hydrogen-bond donors (Lipinski definition) is 1. The molecule has 1 N–H and O–H groups in total. The van der Waals surface area contributed by atoms with Crippen LogP contribution in [0, 0.1) is 0 Å². The highest BCUT2D eigenvalue weighted by Gasteiger charge is 2.20. The lowest BCUT2D eigenvalue weighted by Crippen LogP contribution is -2.12. The molecule has 0 aliphatic rings. The first-order chi connectivity index (χ1) is 9.45. The Kier molecular flexibility index (Phi) is 4.92. The highest BCUT2D eigenvalue weighted by atomic mass is 79.9. The molecular formula is C17H24BrNO. The summed E-state index contributed by atoms with van der Waals surface area (Å²) in [5.41, 5.74) is 3.67. The molecule has 0 radical (unpaired) electrons. The van der Waals surface area contributed by atoms with E-state index in [9.17, 15) is 0 Å². The molecule has 2 aromatic rings. The number of furan rings is 1. The fraction of sp³-hybridized carbons (Fsp3) is 0.529. The van der Waals surface area contributed by atoms with E-state index in [0.717, 1.165) is 28.9 Å². The van der Waals surface area contributed by atoms with E-state index in [1.807, 2.05) is 0 Å². The van der Waals surface area contributed by atoms with Crippen LogP contribution in [0.25, 0.3) is 11.0 Å². The number of benzene rings is 1. The quantitative estimate of drug-likeness (QED) is 0.773. The van der Waals surface area contributed by atoms with E-state index in [1.54, 1.807) is 0 Å². The standard InChI is InChI=1S/C17H24BrNO/c1-6-19-9-15-16(11(4)5)14-8-12(18)7-13(10(2)3)17(14)20-15/h7-8,10-11,19H,6,9H2,1-5H3. The second kappa shape index (κ2) is 6.31. The highest BCUT2D eigenvalue weighted by Crippen LogP contribution is 2.38. The minimum atomic E-state index is 0.452. The minimum Gasteiger partial charge on any atom is -0.459 e. The summed E-state index contributed by atoms with van der Waals surface area (Å²) in [6, 6.07) is 4.37. The summed E-state index contributed by atoms with van der Waals surface area (Å²) in [6.07, 6.45) is 0. The van der Waals surface area contributed by atoms with Gasteiger partial charge < -0.3 is 9.73 Å². The van der Waals surface area contributed by atoms with Crippen molar-refractivity contribution in [2.45, 2.75) is 53.0 Å². The number of fused-ring (bicyclic) bond motifs is 1. The molecule has 2 rings (SSSR count). The predicted octanol–water partition coefficient (Wildman–Crippen LogP) is 5.55. The lowest BCUT2D eigenvalue weighted by Gasteiger charge is -2.08. The molecule has 110 valence electrons. The maximum atomic E-state index is 6.23. The molecule has 0 unspecified atom stereocenters. The van der Waals surface area contributed by atoms with Crippen LogP contribution in [0.15, 0.2) is 21.0 Å². The summed E-state index contributed by atoms with van der Waals surface area (Å²) in [5, 5.41) is 4.63. The van der Waals surface area contributed by atoms with E-state index >= 15 is 0 Å². The fourth-order valence-electron chi connectivity index (χ4n) is 2.69. The van der Waals surface area contributed by atoms with Crippen LogP contribution in [0.5, 0.6) is 0 Å². The van der Waals surface area contributed by atoms with Gasteiger partial charge in [0, 0.05) is 15.4 Å². The second-order valence-electron chi connectivity index (χ2n) is 5.90. The SMILES string of the molecule is CCNCc1oc2c(C(C)C)cc(Br)cc2c1C(C)C. The van der Waals surface area contributed by atoms with Gasteiger partial charge in [0.15, 0.2) is 0 Å². The summed E-state index contributed by atoms with van der Waals surface area (Å²) in [6.45, 7) is 12.8. The molecule has 0 fully saturated rings. The fourth-order valence-corrected chi connectivity index (χ4v) is 3.16. The maximum Gasteiger partial charge on any atom is 0.138 e. The number of hydrogen-bond acceptors (Lipinski definition) is 2. The molecule has 1 heterocycles. The largest absolute Gasteiger partial charge is 0.459 e. The average Bonchev–Trinajstić information content (AvgIpc) is 2.73. The van der Waals surface area contributed by atoms with Crippen molar-refractivity contribution in [1.29, 1.82) is 0 Å². The van der Waals surface area contributed by atoms with E-state index < -0.39 is 0 Å². The van der Waals surface area contributed by atoms with Gasteiger partial charge >= 0.3 is 0 Å². The zero-order valence-corrected chi connectivity index (χ0v) is 14.6. The lowest BCUT2D eigenvalue weighted by atomic mass is 9.95. The Morgan fingerprint density at radius 1 is 1.15 bits per heavy atom. The third-order valence-corrected chi connectivity index (χ3v) is 4.09. The second-order valence-corrected chi connectivity index (χ2v) is 6.82. The minimum absolute atomic E-state index is 0.452. The maximum absolute atomic E-state index is 6.23. The normalized spacial score (nSPS) is 12.0. The smallest absolute Gasteiger partial charge is 0.138 e. The Morgan fingerprint density at radius 2 is 1.85 bits per heavy atom. The van der Waals surface area contributed by atoms with E-state index in [-0.39, 0.29) is 0 Å². The summed E-state index contributed by atoms with van der Waals surface area (Å²) >= 11 is 3.64. The Labute approximate surface area is 130 Å². The van der Waals surface area contributed by atoms with E-state index in [4.69, 9.17) is 4.42 Å². The van der Waals surface area contributed by atoms with Gasteiger partial charge in [0.25, 0.3) is 0 Å². The van der Waals surface area contributed by atoms with E-state index in [2.05, 4.69) is 68.0 Å².